The van der Waals surface area contributed by atoms with Gasteiger partial charge in [0.1, 0.15) is 23.7 Å². The number of ether oxygens (including phenoxy) is 1. The first-order valence-electron chi connectivity index (χ1n) is 5.71. The van der Waals surface area contributed by atoms with Gasteiger partial charge >= 0.3 is 5.97 Å². The Hall–Kier alpha value is -2.41. The number of rotatable bonds is 4. The average Bonchev–Trinajstić information content (AvgIpc) is 2.96. The van der Waals surface area contributed by atoms with Crippen LogP contribution < -0.4 is 4.74 Å². The molecular weight excluding hydrogens is 283 g/mol. The van der Waals surface area contributed by atoms with E-state index in [4.69, 9.17) is 9.84 Å². The summed E-state index contributed by atoms with van der Waals surface area (Å²) in [6, 6.07) is 3.91. The van der Waals surface area contributed by atoms with Crippen molar-refractivity contribution in [1.29, 1.82) is 0 Å². The Kier molecular flexibility index (Phi) is 3.11. The Morgan fingerprint density at radius 1 is 1.50 bits per heavy atom. The van der Waals surface area contributed by atoms with Gasteiger partial charge in [0.2, 0.25) is 0 Å². The third-order valence-electron chi connectivity index (χ3n) is 2.71. The van der Waals surface area contributed by atoms with Gasteiger partial charge in [-0.05, 0) is 12.1 Å². The van der Waals surface area contributed by atoms with Crippen molar-refractivity contribution in [3.63, 3.8) is 0 Å². The van der Waals surface area contributed by atoms with Gasteiger partial charge < -0.3 is 9.84 Å². The van der Waals surface area contributed by atoms with Crippen LogP contribution in [0.4, 0.5) is 4.39 Å². The Labute approximate surface area is 116 Å². The monoisotopic (exact) mass is 292 g/mol. The second-order valence-electron chi connectivity index (χ2n) is 4.03. The molecular formula is C13H9FN2O3S. The summed E-state index contributed by atoms with van der Waals surface area (Å²) in [5, 5.41) is 10.9. The Morgan fingerprint density at radius 3 is 3.10 bits per heavy atom. The zero-order chi connectivity index (χ0) is 14.1. The molecule has 3 rings (SSSR count). The van der Waals surface area contributed by atoms with Crippen LogP contribution in [0, 0.1) is 5.82 Å². The third-order valence-corrected chi connectivity index (χ3v) is 3.48. The van der Waals surface area contributed by atoms with E-state index in [-0.39, 0.29) is 12.4 Å². The molecule has 3 aromatic rings. The van der Waals surface area contributed by atoms with Crippen LogP contribution in [0.1, 0.15) is 16.1 Å². The van der Waals surface area contributed by atoms with Crippen molar-refractivity contribution in [3.05, 3.63) is 53.0 Å². The summed E-state index contributed by atoms with van der Waals surface area (Å²) in [5.74, 6) is -2.18. The van der Waals surface area contributed by atoms with Crippen molar-refractivity contribution in [2.45, 2.75) is 6.61 Å². The van der Waals surface area contributed by atoms with Gasteiger partial charge in [0.25, 0.3) is 0 Å². The summed E-state index contributed by atoms with van der Waals surface area (Å²) in [7, 11) is 0. The molecule has 0 aliphatic heterocycles. The van der Waals surface area contributed by atoms with E-state index in [1.165, 1.54) is 23.5 Å². The van der Waals surface area contributed by atoms with Crippen LogP contribution in [0.3, 0.4) is 0 Å². The molecule has 2 aromatic heterocycles. The molecule has 102 valence electrons. The summed E-state index contributed by atoms with van der Waals surface area (Å²) in [4.78, 5) is 16.1. The van der Waals surface area contributed by atoms with Crippen molar-refractivity contribution >= 4 is 22.3 Å². The first-order chi connectivity index (χ1) is 9.65. The molecule has 0 radical (unpaired) electrons. The minimum atomic E-state index is -1.36. The van der Waals surface area contributed by atoms with E-state index < -0.39 is 17.3 Å². The lowest BCUT2D eigenvalue weighted by atomic mass is 10.2. The molecule has 0 unspecified atom stereocenters. The maximum atomic E-state index is 13.5. The van der Waals surface area contributed by atoms with E-state index in [1.807, 2.05) is 16.0 Å². The van der Waals surface area contributed by atoms with Gasteiger partial charge in [0, 0.05) is 17.8 Å². The van der Waals surface area contributed by atoms with Crippen LogP contribution >= 0.6 is 11.3 Å². The smallest absolute Gasteiger partial charge is 0.342 e. The van der Waals surface area contributed by atoms with Crippen molar-refractivity contribution in [1.82, 2.24) is 9.38 Å². The quantitative estimate of drug-likeness (QED) is 0.803. The predicted octanol–water partition coefficient (Wildman–Crippen LogP) is 2.81. The number of thiazole rings is 1. The highest BCUT2D eigenvalue weighted by atomic mass is 32.1. The van der Waals surface area contributed by atoms with Crippen LogP contribution in [0.2, 0.25) is 0 Å². The zero-order valence-electron chi connectivity index (χ0n) is 10.1. The molecule has 0 fully saturated rings. The van der Waals surface area contributed by atoms with Crippen molar-refractivity contribution < 1.29 is 19.0 Å². The Balaban J connectivity index is 1.83. The number of imidazole rings is 1. The summed E-state index contributed by atoms with van der Waals surface area (Å²) < 4.78 is 20.7. The summed E-state index contributed by atoms with van der Waals surface area (Å²) in [6.07, 6.45) is 3.65. The van der Waals surface area contributed by atoms with E-state index in [0.717, 1.165) is 11.0 Å². The molecule has 2 heterocycles. The number of fused-ring (bicyclic) bond motifs is 1. The molecule has 0 aliphatic carbocycles. The second-order valence-corrected chi connectivity index (χ2v) is 4.90. The fourth-order valence-electron chi connectivity index (χ4n) is 1.83. The van der Waals surface area contributed by atoms with Crippen LogP contribution in [-0.4, -0.2) is 20.5 Å². The lowest BCUT2D eigenvalue weighted by Gasteiger charge is -2.08. The molecule has 0 atom stereocenters. The molecule has 0 bridgehead atoms. The number of carboxylic acids is 1. The fourth-order valence-corrected chi connectivity index (χ4v) is 2.55. The summed E-state index contributed by atoms with van der Waals surface area (Å²) >= 11 is 1.48. The third kappa shape index (κ3) is 2.23. The minimum absolute atomic E-state index is 0.00569. The SMILES string of the molecule is O=C(O)c1c(F)cccc1OCc1cn2ccsc2n1. The maximum absolute atomic E-state index is 13.5. The van der Waals surface area contributed by atoms with Crippen molar-refractivity contribution in [2.24, 2.45) is 0 Å². The number of aromatic nitrogens is 2. The predicted molar refractivity (Wildman–Crippen MR) is 70.8 cm³/mol. The number of aromatic carboxylic acids is 1. The number of carbonyl (C=O) groups is 1. The number of carboxylic acid groups (broad SMARTS) is 1. The van der Waals surface area contributed by atoms with Gasteiger partial charge in [0.15, 0.2) is 4.96 Å². The Morgan fingerprint density at radius 2 is 2.35 bits per heavy atom. The molecule has 5 nitrogen and oxygen atoms in total. The van der Waals surface area contributed by atoms with Gasteiger partial charge in [-0.25, -0.2) is 14.2 Å². The number of benzene rings is 1. The van der Waals surface area contributed by atoms with Crippen LogP contribution in [-0.2, 0) is 6.61 Å². The number of hydrogen-bond acceptors (Lipinski definition) is 4. The van der Waals surface area contributed by atoms with Gasteiger partial charge in [-0.2, -0.15) is 0 Å². The van der Waals surface area contributed by atoms with Crippen molar-refractivity contribution in [2.75, 3.05) is 0 Å². The standard InChI is InChI=1S/C13H9FN2O3S/c14-9-2-1-3-10(11(9)12(17)18)19-7-8-6-16-4-5-20-13(16)15-8/h1-6H,7H2,(H,17,18). The molecule has 1 aromatic carbocycles. The Bertz CT molecular complexity index is 752. The molecule has 0 saturated heterocycles. The van der Waals surface area contributed by atoms with Crippen LogP contribution in [0.15, 0.2) is 36.0 Å². The van der Waals surface area contributed by atoms with E-state index >= 15 is 0 Å². The van der Waals surface area contributed by atoms with Crippen LogP contribution in [0.5, 0.6) is 5.75 Å². The number of nitrogens with zero attached hydrogens (tertiary/aromatic N) is 2. The van der Waals surface area contributed by atoms with Gasteiger partial charge in [-0.3, -0.25) is 4.40 Å². The van der Waals surface area contributed by atoms with Gasteiger partial charge in [-0.1, -0.05) is 6.07 Å². The van der Waals surface area contributed by atoms with Gasteiger partial charge in [-0.15, -0.1) is 11.3 Å². The van der Waals surface area contributed by atoms with E-state index in [1.54, 1.807) is 6.20 Å². The second kappa shape index (κ2) is 4.93. The van der Waals surface area contributed by atoms with E-state index in [0.29, 0.717) is 5.69 Å². The molecule has 0 amide bonds. The van der Waals surface area contributed by atoms with E-state index in [2.05, 4.69) is 4.98 Å². The maximum Gasteiger partial charge on any atom is 0.342 e. The normalized spacial score (nSPS) is 10.8. The van der Waals surface area contributed by atoms with Crippen molar-refractivity contribution in [3.8, 4) is 5.75 Å². The van der Waals surface area contributed by atoms with Gasteiger partial charge in [0.05, 0.1) is 5.69 Å². The fraction of sp³-hybridized carbons (Fsp3) is 0.0769. The highest BCUT2D eigenvalue weighted by Gasteiger charge is 2.17. The first-order valence-corrected chi connectivity index (χ1v) is 6.59. The average molecular weight is 292 g/mol. The topological polar surface area (TPSA) is 63.8 Å². The summed E-state index contributed by atoms with van der Waals surface area (Å²) in [6.45, 7) is 0.0815. The molecule has 0 spiro atoms. The summed E-state index contributed by atoms with van der Waals surface area (Å²) in [5.41, 5.74) is 0.186. The molecule has 20 heavy (non-hydrogen) atoms. The number of hydrogen-bond donors (Lipinski definition) is 1. The largest absolute Gasteiger partial charge is 0.486 e. The molecule has 0 aliphatic rings. The van der Waals surface area contributed by atoms with E-state index in [9.17, 15) is 9.18 Å². The molecule has 0 saturated carbocycles. The lowest BCUT2D eigenvalue weighted by molar-refractivity contribution is 0.0686. The highest BCUT2D eigenvalue weighted by molar-refractivity contribution is 7.15. The number of halogens is 1. The highest BCUT2D eigenvalue weighted by Crippen LogP contribution is 2.22. The minimum Gasteiger partial charge on any atom is -0.486 e. The molecule has 1 N–H and O–H groups in total. The molecule has 7 heteroatoms. The van der Waals surface area contributed by atoms with Crippen LogP contribution in [0.25, 0.3) is 4.96 Å². The lowest BCUT2D eigenvalue weighted by Crippen LogP contribution is -2.06. The first kappa shape index (κ1) is 12.6. The zero-order valence-corrected chi connectivity index (χ0v) is 10.9.